The molecule has 0 spiro atoms. The summed E-state index contributed by atoms with van der Waals surface area (Å²) in [5.74, 6) is 1.80. The number of nitrogens with one attached hydrogen (secondary N) is 1. The van der Waals surface area contributed by atoms with Gasteiger partial charge in [-0.3, -0.25) is 4.79 Å². The molecule has 1 fully saturated rings. The van der Waals surface area contributed by atoms with Crippen molar-refractivity contribution in [3.63, 3.8) is 0 Å². The SMILES string of the molecule is O=c1cccc2n1C[C@H]1C[C@@H]2CN(c2ncnc3c2[nH]c2ccccc23)C1. The first-order valence-electron chi connectivity index (χ1n) is 9.44. The second-order valence-electron chi connectivity index (χ2n) is 7.69. The summed E-state index contributed by atoms with van der Waals surface area (Å²) in [7, 11) is 0. The highest BCUT2D eigenvalue weighted by Crippen LogP contribution is 2.38. The normalized spacial score (nSPS) is 21.6. The monoisotopic (exact) mass is 357 g/mol. The maximum absolute atomic E-state index is 12.2. The summed E-state index contributed by atoms with van der Waals surface area (Å²) in [6.45, 7) is 2.59. The van der Waals surface area contributed by atoms with Crippen molar-refractivity contribution in [2.75, 3.05) is 18.0 Å². The molecule has 0 amide bonds. The van der Waals surface area contributed by atoms with Crippen LogP contribution in [-0.2, 0) is 6.54 Å². The number of H-pyrrole nitrogens is 1. The third-order valence-electron chi connectivity index (χ3n) is 6.05. The number of aromatic nitrogens is 4. The molecule has 0 aliphatic carbocycles. The van der Waals surface area contributed by atoms with Gasteiger partial charge in [0.15, 0.2) is 5.82 Å². The molecule has 2 aliphatic heterocycles. The molecule has 0 radical (unpaired) electrons. The maximum atomic E-state index is 12.2. The molecule has 4 aromatic rings. The van der Waals surface area contributed by atoms with Gasteiger partial charge in [0.2, 0.25) is 0 Å². The van der Waals surface area contributed by atoms with Gasteiger partial charge >= 0.3 is 0 Å². The van der Waals surface area contributed by atoms with Crippen LogP contribution in [0.5, 0.6) is 0 Å². The van der Waals surface area contributed by atoms with Gasteiger partial charge in [0.1, 0.15) is 17.4 Å². The van der Waals surface area contributed by atoms with Gasteiger partial charge in [-0.2, -0.15) is 0 Å². The Labute approximate surface area is 155 Å². The quantitative estimate of drug-likeness (QED) is 0.569. The van der Waals surface area contributed by atoms with Gasteiger partial charge in [-0.25, -0.2) is 9.97 Å². The Morgan fingerprint density at radius 1 is 1.00 bits per heavy atom. The smallest absolute Gasteiger partial charge is 0.250 e. The van der Waals surface area contributed by atoms with Crippen LogP contribution >= 0.6 is 0 Å². The number of para-hydroxylation sites is 1. The molecule has 0 saturated carbocycles. The molecule has 27 heavy (non-hydrogen) atoms. The van der Waals surface area contributed by atoms with Crippen LogP contribution in [0.4, 0.5) is 5.82 Å². The Balaban J connectivity index is 1.47. The predicted molar refractivity (Wildman–Crippen MR) is 105 cm³/mol. The van der Waals surface area contributed by atoms with Crippen molar-refractivity contribution in [1.29, 1.82) is 0 Å². The fourth-order valence-corrected chi connectivity index (χ4v) is 4.94. The molecule has 6 heteroatoms. The molecular weight excluding hydrogens is 338 g/mol. The summed E-state index contributed by atoms with van der Waals surface area (Å²) in [5, 5.41) is 1.13. The minimum Gasteiger partial charge on any atom is -0.354 e. The number of anilines is 1. The Morgan fingerprint density at radius 3 is 2.89 bits per heavy atom. The Kier molecular flexibility index (Phi) is 3.01. The molecule has 5 heterocycles. The molecular formula is C21H19N5O. The van der Waals surface area contributed by atoms with Crippen LogP contribution in [0.25, 0.3) is 21.9 Å². The average Bonchev–Trinajstić information content (AvgIpc) is 3.07. The van der Waals surface area contributed by atoms with Crippen molar-refractivity contribution < 1.29 is 0 Å². The van der Waals surface area contributed by atoms with E-state index in [1.807, 2.05) is 22.8 Å². The molecule has 134 valence electrons. The Bertz CT molecular complexity index is 1240. The van der Waals surface area contributed by atoms with Crippen molar-refractivity contribution in [3.05, 3.63) is 64.8 Å². The lowest BCUT2D eigenvalue weighted by Gasteiger charge is -2.43. The number of rotatable bonds is 1. The standard InChI is InChI=1S/C21H19N5O/c27-18-7-3-6-17-14-8-13(10-26(17)18)9-25(11-14)21-20-19(22-12-23-21)15-4-1-2-5-16(15)24-20/h1-7,12-14,24H,8-11H2/t13-,14+/m0/s1. The molecule has 1 saturated heterocycles. The van der Waals surface area contributed by atoms with Crippen LogP contribution in [0.2, 0.25) is 0 Å². The number of fused-ring (bicyclic) bond motifs is 7. The van der Waals surface area contributed by atoms with Crippen molar-refractivity contribution >= 4 is 27.8 Å². The lowest BCUT2D eigenvalue weighted by Crippen LogP contribution is -2.47. The maximum Gasteiger partial charge on any atom is 0.250 e. The molecule has 6 rings (SSSR count). The fraction of sp³-hybridized carbons (Fsp3) is 0.286. The van der Waals surface area contributed by atoms with E-state index in [2.05, 4.69) is 38.1 Å². The predicted octanol–water partition coefficient (Wildman–Crippen LogP) is 2.90. The molecule has 1 aromatic carbocycles. The molecule has 6 nitrogen and oxygen atoms in total. The van der Waals surface area contributed by atoms with Crippen molar-refractivity contribution in [1.82, 2.24) is 19.5 Å². The minimum absolute atomic E-state index is 0.121. The van der Waals surface area contributed by atoms with Gasteiger partial charge in [0.25, 0.3) is 5.56 Å². The van der Waals surface area contributed by atoms with Gasteiger partial charge < -0.3 is 14.5 Å². The second kappa shape index (κ2) is 5.42. The van der Waals surface area contributed by atoms with E-state index in [1.165, 1.54) is 0 Å². The van der Waals surface area contributed by atoms with Crippen LogP contribution < -0.4 is 10.5 Å². The zero-order chi connectivity index (χ0) is 18.0. The number of nitrogens with zero attached hydrogens (tertiary/aromatic N) is 4. The largest absolute Gasteiger partial charge is 0.354 e. The molecule has 0 unspecified atom stereocenters. The number of hydrogen-bond acceptors (Lipinski definition) is 4. The number of benzene rings is 1. The van der Waals surface area contributed by atoms with E-state index in [-0.39, 0.29) is 5.56 Å². The van der Waals surface area contributed by atoms with Crippen LogP contribution in [0.3, 0.4) is 0 Å². The number of aromatic amines is 1. The van der Waals surface area contributed by atoms with Crippen molar-refractivity contribution in [2.45, 2.75) is 18.9 Å². The molecule has 2 bridgehead atoms. The van der Waals surface area contributed by atoms with E-state index in [4.69, 9.17) is 0 Å². The zero-order valence-electron chi connectivity index (χ0n) is 14.8. The summed E-state index contributed by atoms with van der Waals surface area (Å²) in [6.07, 6.45) is 2.81. The summed E-state index contributed by atoms with van der Waals surface area (Å²) >= 11 is 0. The highest BCUT2D eigenvalue weighted by atomic mass is 16.1. The number of pyridine rings is 1. The highest BCUT2D eigenvalue weighted by Gasteiger charge is 2.35. The van der Waals surface area contributed by atoms with Gasteiger partial charge in [0.05, 0.1) is 0 Å². The zero-order valence-corrected chi connectivity index (χ0v) is 14.8. The average molecular weight is 357 g/mol. The lowest BCUT2D eigenvalue weighted by atomic mass is 9.83. The first kappa shape index (κ1) is 15.0. The van der Waals surface area contributed by atoms with Gasteiger partial charge in [0, 0.05) is 48.2 Å². The van der Waals surface area contributed by atoms with E-state index >= 15 is 0 Å². The van der Waals surface area contributed by atoms with E-state index in [9.17, 15) is 4.79 Å². The summed E-state index contributed by atoms with van der Waals surface area (Å²) < 4.78 is 1.97. The lowest BCUT2D eigenvalue weighted by molar-refractivity contribution is 0.281. The van der Waals surface area contributed by atoms with E-state index in [0.29, 0.717) is 11.8 Å². The van der Waals surface area contributed by atoms with Gasteiger partial charge in [-0.1, -0.05) is 24.3 Å². The van der Waals surface area contributed by atoms with Crippen LogP contribution in [-0.4, -0.2) is 32.6 Å². The van der Waals surface area contributed by atoms with Crippen molar-refractivity contribution in [3.8, 4) is 0 Å². The number of hydrogen-bond donors (Lipinski definition) is 1. The van der Waals surface area contributed by atoms with Crippen LogP contribution in [0, 0.1) is 5.92 Å². The van der Waals surface area contributed by atoms with Gasteiger partial charge in [-0.15, -0.1) is 0 Å². The molecule has 3 aromatic heterocycles. The first-order chi connectivity index (χ1) is 13.3. The summed E-state index contributed by atoms with van der Waals surface area (Å²) in [5.41, 5.74) is 4.34. The van der Waals surface area contributed by atoms with Crippen molar-refractivity contribution in [2.24, 2.45) is 5.92 Å². The van der Waals surface area contributed by atoms with E-state index < -0.39 is 0 Å². The Morgan fingerprint density at radius 2 is 1.93 bits per heavy atom. The van der Waals surface area contributed by atoms with Crippen LogP contribution in [0.1, 0.15) is 18.0 Å². The fourth-order valence-electron chi connectivity index (χ4n) is 4.94. The minimum atomic E-state index is 0.121. The third kappa shape index (κ3) is 2.16. The number of piperidine rings is 1. The topological polar surface area (TPSA) is 66.8 Å². The van der Waals surface area contributed by atoms with Crippen LogP contribution in [0.15, 0.2) is 53.6 Å². The highest BCUT2D eigenvalue weighted by molar-refractivity contribution is 6.08. The third-order valence-corrected chi connectivity index (χ3v) is 6.05. The summed E-state index contributed by atoms with van der Waals surface area (Å²) in [4.78, 5) is 27.3. The molecule has 2 atom stereocenters. The molecule has 2 aliphatic rings. The van der Waals surface area contributed by atoms with E-state index in [0.717, 1.165) is 59.5 Å². The second-order valence-corrected chi connectivity index (χ2v) is 7.69. The van der Waals surface area contributed by atoms with E-state index in [1.54, 1.807) is 12.4 Å². The Hall–Kier alpha value is -3.15. The molecule has 1 N–H and O–H groups in total. The summed E-state index contributed by atoms with van der Waals surface area (Å²) in [6, 6.07) is 13.9. The van der Waals surface area contributed by atoms with Gasteiger partial charge in [-0.05, 0) is 24.5 Å². The first-order valence-corrected chi connectivity index (χ1v) is 9.44.